The van der Waals surface area contributed by atoms with Gasteiger partial charge in [-0.2, -0.15) is 0 Å². The Labute approximate surface area is 253 Å². The van der Waals surface area contributed by atoms with Gasteiger partial charge in [-0.25, -0.2) is 0 Å². The minimum atomic E-state index is -0.919. The highest BCUT2D eigenvalue weighted by Crippen LogP contribution is 2.42. The van der Waals surface area contributed by atoms with Crippen LogP contribution in [0.4, 0.5) is 5.69 Å². The Morgan fingerprint density at radius 1 is 1.05 bits per heavy atom. The number of esters is 2. The van der Waals surface area contributed by atoms with Crippen molar-refractivity contribution in [3.63, 3.8) is 0 Å². The molecule has 2 aromatic carbocycles. The molecule has 2 aliphatic rings. The molecule has 2 heterocycles. The third kappa shape index (κ3) is 8.63. The lowest BCUT2D eigenvalue weighted by molar-refractivity contribution is -0.276. The maximum Gasteiger partial charge on any atom is 0.323 e. The largest absolute Gasteiger partial charge is 0.459 e. The van der Waals surface area contributed by atoms with Crippen LogP contribution in [0.15, 0.2) is 48.5 Å². The van der Waals surface area contributed by atoms with Crippen LogP contribution in [0.1, 0.15) is 83.5 Å². The molecule has 43 heavy (non-hydrogen) atoms. The Hall–Kier alpha value is -3.31. The molecule has 10 heteroatoms. The van der Waals surface area contributed by atoms with Gasteiger partial charge in [0.25, 0.3) is 5.91 Å². The molecule has 2 aliphatic heterocycles. The van der Waals surface area contributed by atoms with E-state index in [-0.39, 0.29) is 36.7 Å². The summed E-state index contributed by atoms with van der Waals surface area (Å²) in [6.07, 6.45) is -0.532. The second-order valence-corrected chi connectivity index (χ2v) is 12.4. The molecule has 0 spiro atoms. The van der Waals surface area contributed by atoms with E-state index in [2.05, 4.69) is 17.1 Å². The molecule has 0 aliphatic carbocycles. The number of rotatable bonds is 9. The summed E-state index contributed by atoms with van der Waals surface area (Å²) in [7, 11) is 0. The Kier molecular flexibility index (Phi) is 10.6. The number of nitrogens with zero attached hydrogens (tertiary/aromatic N) is 1. The zero-order valence-corrected chi connectivity index (χ0v) is 25.9. The molecule has 0 aromatic heterocycles. The molecule has 4 rings (SSSR count). The van der Waals surface area contributed by atoms with Crippen LogP contribution >= 0.6 is 0 Å². The summed E-state index contributed by atoms with van der Waals surface area (Å²) in [6.45, 7) is 11.8. The van der Waals surface area contributed by atoms with E-state index in [4.69, 9.17) is 18.9 Å². The predicted molar refractivity (Wildman–Crippen MR) is 160 cm³/mol. The van der Waals surface area contributed by atoms with Crippen molar-refractivity contribution in [2.45, 2.75) is 97.2 Å². The summed E-state index contributed by atoms with van der Waals surface area (Å²) in [5.74, 6) is -1.21. The fourth-order valence-electron chi connectivity index (χ4n) is 5.51. The third-order valence-electron chi connectivity index (χ3n) is 7.74. The minimum Gasteiger partial charge on any atom is -0.459 e. The van der Waals surface area contributed by atoms with Crippen molar-refractivity contribution in [1.29, 1.82) is 0 Å². The van der Waals surface area contributed by atoms with Gasteiger partial charge in [-0.05, 0) is 70.3 Å². The van der Waals surface area contributed by atoms with Gasteiger partial charge in [0.05, 0.1) is 18.8 Å². The molecule has 234 valence electrons. The van der Waals surface area contributed by atoms with Gasteiger partial charge in [0.2, 0.25) is 0 Å². The van der Waals surface area contributed by atoms with Gasteiger partial charge < -0.3 is 29.4 Å². The van der Waals surface area contributed by atoms with Gasteiger partial charge >= 0.3 is 11.9 Å². The van der Waals surface area contributed by atoms with E-state index in [1.807, 2.05) is 57.2 Å². The average molecular weight is 597 g/mol. The highest BCUT2D eigenvalue weighted by atomic mass is 16.7. The lowest BCUT2D eigenvalue weighted by Gasteiger charge is -2.43. The number of carbonyl (C=O) groups excluding carboxylic acids is 3. The standard InChI is InChI=1S/C33H44N2O8/c1-20-28(18-35-17-7-8-27(35)31(39)43-33(4,5)6)41-32(42-29(20)24-11-9-23(19-36)10-12-24)25-13-15-26(16-14-25)34-30(38)21(2)40-22(3)37/h9-16,20-21,27-29,32,36H,7-8,17-19H2,1-6H3,(H,34,38)/t20-,21-,27-,28+,29+,32+/m0/s1. The number of likely N-dealkylation sites (tertiary alicyclic amines) is 1. The number of amides is 1. The minimum absolute atomic E-state index is 0.0424. The van der Waals surface area contributed by atoms with Crippen LogP contribution < -0.4 is 5.32 Å². The first-order chi connectivity index (χ1) is 20.3. The molecule has 10 nitrogen and oxygen atoms in total. The first kappa shape index (κ1) is 32.6. The summed E-state index contributed by atoms with van der Waals surface area (Å²) in [5.41, 5.74) is 2.53. The average Bonchev–Trinajstić information content (AvgIpc) is 3.42. The van der Waals surface area contributed by atoms with E-state index in [1.165, 1.54) is 13.8 Å². The number of aliphatic hydroxyl groups excluding tert-OH is 1. The van der Waals surface area contributed by atoms with E-state index in [1.54, 1.807) is 12.1 Å². The van der Waals surface area contributed by atoms with Crippen molar-refractivity contribution in [2.75, 3.05) is 18.4 Å². The second kappa shape index (κ2) is 14.0. The number of hydrogen-bond acceptors (Lipinski definition) is 9. The number of aliphatic hydroxyl groups is 1. The highest BCUT2D eigenvalue weighted by Gasteiger charge is 2.42. The molecule has 2 N–H and O–H groups in total. The smallest absolute Gasteiger partial charge is 0.323 e. The van der Waals surface area contributed by atoms with Crippen LogP contribution in [0.3, 0.4) is 0 Å². The quantitative estimate of drug-likeness (QED) is 0.398. The van der Waals surface area contributed by atoms with Crippen LogP contribution in [0.5, 0.6) is 0 Å². The van der Waals surface area contributed by atoms with Crippen molar-refractivity contribution in [1.82, 2.24) is 4.90 Å². The number of ether oxygens (including phenoxy) is 4. The van der Waals surface area contributed by atoms with E-state index in [0.717, 1.165) is 36.1 Å². The summed E-state index contributed by atoms with van der Waals surface area (Å²) in [4.78, 5) is 38.8. The van der Waals surface area contributed by atoms with Gasteiger partial charge in [-0.3, -0.25) is 19.3 Å². The lowest BCUT2D eigenvalue weighted by atomic mass is 9.90. The maximum atomic E-state index is 13.0. The topological polar surface area (TPSA) is 124 Å². The number of anilines is 1. The fourth-order valence-corrected chi connectivity index (χ4v) is 5.51. The van der Waals surface area contributed by atoms with Gasteiger partial charge in [0, 0.05) is 30.6 Å². The van der Waals surface area contributed by atoms with Crippen LogP contribution in [-0.2, 0) is 39.9 Å². The van der Waals surface area contributed by atoms with Crippen LogP contribution in [0.25, 0.3) is 0 Å². The fraction of sp³-hybridized carbons (Fsp3) is 0.545. The van der Waals surface area contributed by atoms with Crippen molar-refractivity contribution in [3.05, 3.63) is 65.2 Å². The third-order valence-corrected chi connectivity index (χ3v) is 7.74. The van der Waals surface area contributed by atoms with Crippen molar-refractivity contribution >= 4 is 23.5 Å². The molecule has 6 atom stereocenters. The van der Waals surface area contributed by atoms with Gasteiger partial charge in [0.1, 0.15) is 11.6 Å². The van der Waals surface area contributed by atoms with E-state index < -0.39 is 29.9 Å². The molecule has 0 bridgehead atoms. The van der Waals surface area contributed by atoms with E-state index in [0.29, 0.717) is 12.2 Å². The highest BCUT2D eigenvalue weighted by molar-refractivity contribution is 5.94. The predicted octanol–water partition coefficient (Wildman–Crippen LogP) is 4.67. The molecular weight excluding hydrogens is 552 g/mol. The zero-order valence-electron chi connectivity index (χ0n) is 25.9. The van der Waals surface area contributed by atoms with Crippen LogP contribution in [0, 0.1) is 5.92 Å². The van der Waals surface area contributed by atoms with Crippen LogP contribution in [-0.4, -0.2) is 64.8 Å². The van der Waals surface area contributed by atoms with Gasteiger partial charge in [-0.15, -0.1) is 0 Å². The normalized spacial score (nSPS) is 25.1. The zero-order chi connectivity index (χ0) is 31.3. The summed E-state index contributed by atoms with van der Waals surface area (Å²) in [6, 6.07) is 14.5. The maximum absolute atomic E-state index is 13.0. The Bertz CT molecular complexity index is 1260. The van der Waals surface area contributed by atoms with E-state index >= 15 is 0 Å². The molecule has 0 unspecified atom stereocenters. The molecular formula is C33H44N2O8. The molecule has 2 saturated heterocycles. The summed E-state index contributed by atoms with van der Waals surface area (Å²) < 4.78 is 23.8. The van der Waals surface area contributed by atoms with Gasteiger partial charge in [0.15, 0.2) is 12.4 Å². The summed E-state index contributed by atoms with van der Waals surface area (Å²) >= 11 is 0. The monoisotopic (exact) mass is 596 g/mol. The number of benzene rings is 2. The van der Waals surface area contributed by atoms with Crippen LogP contribution in [0.2, 0.25) is 0 Å². The van der Waals surface area contributed by atoms with Crippen molar-refractivity contribution in [2.24, 2.45) is 5.92 Å². The lowest BCUT2D eigenvalue weighted by Crippen LogP contribution is -2.48. The molecule has 0 saturated carbocycles. The first-order valence-electron chi connectivity index (χ1n) is 14.9. The Balaban J connectivity index is 1.54. The van der Waals surface area contributed by atoms with Crippen molar-refractivity contribution < 1.29 is 38.4 Å². The molecule has 2 aromatic rings. The number of carbonyl (C=O) groups is 3. The number of hydrogen-bond donors (Lipinski definition) is 2. The number of nitrogens with one attached hydrogen (secondary N) is 1. The molecule has 2 fully saturated rings. The summed E-state index contributed by atoms with van der Waals surface area (Å²) in [5, 5.41) is 12.3. The Morgan fingerprint density at radius 3 is 2.30 bits per heavy atom. The second-order valence-electron chi connectivity index (χ2n) is 12.4. The first-order valence-corrected chi connectivity index (χ1v) is 14.9. The Morgan fingerprint density at radius 2 is 1.70 bits per heavy atom. The van der Waals surface area contributed by atoms with Crippen molar-refractivity contribution in [3.8, 4) is 0 Å². The van der Waals surface area contributed by atoms with E-state index in [9.17, 15) is 19.5 Å². The van der Waals surface area contributed by atoms with Gasteiger partial charge in [-0.1, -0.05) is 43.3 Å². The SMILES string of the molecule is CC(=O)O[C@@H](C)C(=O)Nc1ccc([C@@H]2O[C@H](CN3CCC[C@H]3C(=O)OC(C)(C)C)[C@H](C)[C@H](c3ccc(CO)cc3)O2)cc1. The molecule has 0 radical (unpaired) electrons. The molecule has 1 amide bonds.